The first-order valence-corrected chi connectivity index (χ1v) is 12.9. The number of sulfonamides is 1. The fourth-order valence-electron chi connectivity index (χ4n) is 4.17. The Labute approximate surface area is 202 Å². The summed E-state index contributed by atoms with van der Waals surface area (Å²) in [6.45, 7) is 5.50. The van der Waals surface area contributed by atoms with Crippen LogP contribution in [0, 0.1) is 6.92 Å². The summed E-state index contributed by atoms with van der Waals surface area (Å²) in [4.78, 5) is 17.0. The second-order valence-corrected chi connectivity index (χ2v) is 10.8. The lowest BCUT2D eigenvalue weighted by Crippen LogP contribution is -2.48. The van der Waals surface area contributed by atoms with Crippen molar-refractivity contribution >= 4 is 15.9 Å². The highest BCUT2D eigenvalue weighted by molar-refractivity contribution is 7.89. The molecule has 1 amide bonds. The van der Waals surface area contributed by atoms with Crippen LogP contribution >= 0.6 is 0 Å². The first-order valence-electron chi connectivity index (χ1n) is 11.5. The van der Waals surface area contributed by atoms with Crippen LogP contribution in [-0.4, -0.2) is 61.7 Å². The highest BCUT2D eigenvalue weighted by Crippen LogP contribution is 2.21. The van der Waals surface area contributed by atoms with E-state index < -0.39 is 10.0 Å². The molecule has 7 heteroatoms. The molecule has 0 aliphatic carbocycles. The number of nitrogens with zero attached hydrogens (tertiary/aromatic N) is 3. The summed E-state index contributed by atoms with van der Waals surface area (Å²) >= 11 is 0. The lowest BCUT2D eigenvalue weighted by atomic mass is 10.1. The Kier molecular flexibility index (Phi) is 7.46. The van der Waals surface area contributed by atoms with Gasteiger partial charge in [-0.15, -0.1) is 0 Å². The zero-order valence-electron chi connectivity index (χ0n) is 19.7. The molecule has 1 aliphatic rings. The molecule has 0 unspecified atom stereocenters. The van der Waals surface area contributed by atoms with Crippen molar-refractivity contribution < 1.29 is 13.2 Å². The van der Waals surface area contributed by atoms with E-state index in [4.69, 9.17) is 0 Å². The third kappa shape index (κ3) is 5.73. The van der Waals surface area contributed by atoms with Crippen LogP contribution in [0.25, 0.3) is 0 Å². The number of hydrogen-bond donors (Lipinski definition) is 0. The number of benzene rings is 3. The molecule has 1 saturated heterocycles. The molecule has 3 aromatic carbocycles. The highest BCUT2D eigenvalue weighted by atomic mass is 32.2. The molecule has 0 spiro atoms. The monoisotopic (exact) mass is 477 g/mol. The molecule has 4 rings (SSSR count). The average molecular weight is 478 g/mol. The van der Waals surface area contributed by atoms with Crippen LogP contribution in [-0.2, 0) is 23.1 Å². The zero-order chi connectivity index (χ0) is 24.1. The minimum atomic E-state index is -3.67. The van der Waals surface area contributed by atoms with Gasteiger partial charge in [0.05, 0.1) is 4.90 Å². The largest absolute Gasteiger partial charge is 0.337 e. The van der Waals surface area contributed by atoms with Gasteiger partial charge in [0.25, 0.3) is 5.91 Å². The first kappa shape index (κ1) is 24.1. The minimum Gasteiger partial charge on any atom is -0.337 e. The highest BCUT2D eigenvalue weighted by Gasteiger charge is 2.29. The van der Waals surface area contributed by atoms with E-state index in [0.29, 0.717) is 38.3 Å². The van der Waals surface area contributed by atoms with Crippen molar-refractivity contribution in [2.24, 2.45) is 0 Å². The minimum absolute atomic E-state index is 0.165. The Hall–Kier alpha value is -3.00. The van der Waals surface area contributed by atoms with Gasteiger partial charge in [0.15, 0.2) is 0 Å². The van der Waals surface area contributed by atoms with Crippen LogP contribution < -0.4 is 0 Å². The van der Waals surface area contributed by atoms with Crippen molar-refractivity contribution in [3.63, 3.8) is 0 Å². The maximum Gasteiger partial charge on any atom is 0.253 e. The van der Waals surface area contributed by atoms with Crippen LogP contribution in [0.3, 0.4) is 0 Å². The molecule has 34 heavy (non-hydrogen) atoms. The number of aryl methyl sites for hydroxylation is 1. The number of piperazine rings is 1. The molecule has 1 fully saturated rings. The summed E-state index contributed by atoms with van der Waals surface area (Å²) in [7, 11) is -1.94. The Morgan fingerprint density at radius 1 is 0.853 bits per heavy atom. The van der Waals surface area contributed by atoms with Gasteiger partial charge in [-0.1, -0.05) is 66.2 Å². The molecular formula is C27H31N3O3S. The summed E-state index contributed by atoms with van der Waals surface area (Å²) in [5.74, 6) is -0.203. The second-order valence-electron chi connectivity index (χ2n) is 8.84. The number of carbonyl (C=O) groups is 1. The maximum absolute atomic E-state index is 13.3. The Balaban J connectivity index is 1.41. The molecule has 0 aromatic heterocycles. The van der Waals surface area contributed by atoms with Gasteiger partial charge in [0.2, 0.25) is 10.0 Å². The normalized spacial score (nSPS) is 15.2. The van der Waals surface area contributed by atoms with Gasteiger partial charge in [-0.2, -0.15) is 4.31 Å². The van der Waals surface area contributed by atoms with Crippen molar-refractivity contribution in [3.05, 3.63) is 101 Å². The molecule has 0 saturated carbocycles. The number of carbonyl (C=O) groups excluding carboxylic acids is 1. The summed E-state index contributed by atoms with van der Waals surface area (Å²) < 4.78 is 28.1. The van der Waals surface area contributed by atoms with Crippen LogP contribution in [0.4, 0.5) is 0 Å². The third-order valence-electron chi connectivity index (χ3n) is 6.19. The maximum atomic E-state index is 13.3. The Morgan fingerprint density at radius 2 is 1.53 bits per heavy atom. The van der Waals surface area contributed by atoms with Crippen LogP contribution in [0.2, 0.25) is 0 Å². The molecule has 1 heterocycles. The molecule has 178 valence electrons. The van der Waals surface area contributed by atoms with E-state index in [1.54, 1.807) is 30.1 Å². The average Bonchev–Trinajstić information content (AvgIpc) is 2.86. The standard InChI is InChI=1S/C27H31N3O3S/c1-22-11-13-24(14-12-22)20-28(2)27(31)25-9-6-10-26(19-25)34(32,33)30-17-15-29(16-18-30)21-23-7-4-3-5-8-23/h3-14,19H,15-18,20-21H2,1-2H3. The van der Waals surface area contributed by atoms with E-state index in [-0.39, 0.29) is 10.8 Å². The lowest BCUT2D eigenvalue weighted by molar-refractivity contribution is 0.0785. The van der Waals surface area contributed by atoms with E-state index in [2.05, 4.69) is 17.0 Å². The molecular weight excluding hydrogens is 446 g/mol. The number of hydrogen-bond acceptors (Lipinski definition) is 4. The van der Waals surface area contributed by atoms with Crippen molar-refractivity contribution in [2.75, 3.05) is 33.2 Å². The fourth-order valence-corrected chi connectivity index (χ4v) is 5.64. The van der Waals surface area contributed by atoms with Crippen molar-refractivity contribution in [1.82, 2.24) is 14.1 Å². The van der Waals surface area contributed by atoms with Gasteiger partial charge < -0.3 is 4.90 Å². The zero-order valence-corrected chi connectivity index (χ0v) is 20.5. The van der Waals surface area contributed by atoms with Gasteiger partial charge in [-0.05, 0) is 36.2 Å². The van der Waals surface area contributed by atoms with Crippen molar-refractivity contribution in [3.8, 4) is 0 Å². The second kappa shape index (κ2) is 10.5. The summed E-state index contributed by atoms with van der Waals surface area (Å²) in [6.07, 6.45) is 0. The quantitative estimate of drug-likeness (QED) is 0.520. The van der Waals surface area contributed by atoms with Crippen LogP contribution in [0.15, 0.2) is 83.8 Å². The Bertz CT molecular complexity index is 1220. The SMILES string of the molecule is Cc1ccc(CN(C)C(=O)c2cccc(S(=O)(=O)N3CCN(Cc4ccccc4)CC3)c2)cc1. The molecule has 6 nitrogen and oxygen atoms in total. The third-order valence-corrected chi connectivity index (χ3v) is 8.08. The molecule has 0 atom stereocenters. The predicted molar refractivity (Wildman–Crippen MR) is 134 cm³/mol. The predicted octanol–water partition coefficient (Wildman–Crippen LogP) is 3.77. The summed E-state index contributed by atoms with van der Waals surface area (Å²) in [5, 5.41) is 0. The summed E-state index contributed by atoms with van der Waals surface area (Å²) in [6, 6.07) is 24.6. The van der Waals surface area contributed by atoms with E-state index in [1.807, 2.05) is 49.4 Å². The molecule has 1 aliphatic heterocycles. The van der Waals surface area contributed by atoms with Gasteiger partial charge in [-0.25, -0.2) is 8.42 Å². The van der Waals surface area contributed by atoms with E-state index in [0.717, 1.165) is 17.7 Å². The molecule has 0 radical (unpaired) electrons. The first-order chi connectivity index (χ1) is 16.3. The topological polar surface area (TPSA) is 60.9 Å². The Morgan fingerprint density at radius 3 is 2.21 bits per heavy atom. The molecule has 0 bridgehead atoms. The van der Waals surface area contributed by atoms with E-state index in [1.165, 1.54) is 15.9 Å². The van der Waals surface area contributed by atoms with Crippen molar-refractivity contribution in [2.45, 2.75) is 24.9 Å². The number of rotatable bonds is 7. The molecule has 3 aromatic rings. The van der Waals surface area contributed by atoms with Gasteiger partial charge in [0.1, 0.15) is 0 Å². The van der Waals surface area contributed by atoms with Gasteiger partial charge >= 0.3 is 0 Å². The lowest BCUT2D eigenvalue weighted by Gasteiger charge is -2.34. The van der Waals surface area contributed by atoms with E-state index >= 15 is 0 Å². The van der Waals surface area contributed by atoms with Crippen molar-refractivity contribution in [1.29, 1.82) is 0 Å². The smallest absolute Gasteiger partial charge is 0.253 e. The number of amides is 1. The van der Waals surface area contributed by atoms with Crippen LogP contribution in [0.1, 0.15) is 27.0 Å². The summed E-state index contributed by atoms with van der Waals surface area (Å²) in [5.41, 5.74) is 3.79. The van der Waals surface area contributed by atoms with Crippen LogP contribution in [0.5, 0.6) is 0 Å². The molecule has 0 N–H and O–H groups in total. The van der Waals surface area contributed by atoms with E-state index in [9.17, 15) is 13.2 Å². The van der Waals surface area contributed by atoms with Gasteiger partial charge in [0, 0.05) is 51.9 Å². The fraction of sp³-hybridized carbons (Fsp3) is 0.296. The van der Waals surface area contributed by atoms with Gasteiger partial charge in [-0.3, -0.25) is 9.69 Å².